The molecule has 2 rings (SSSR count). The average molecular weight is 321 g/mol. The Morgan fingerprint density at radius 2 is 2.27 bits per heavy atom. The van der Waals surface area contributed by atoms with Gasteiger partial charge in [0, 0.05) is 13.1 Å². The molecule has 2 aromatic heterocycles. The second-order valence-corrected chi connectivity index (χ2v) is 6.13. The number of rotatable bonds is 9. The molecule has 1 N–H and O–H groups in total. The number of carbonyl (C=O) groups excluding carboxylic acids is 1. The number of nitrogens with zero attached hydrogens (tertiary/aromatic N) is 2. The minimum Gasteiger partial charge on any atom is -0.444 e. The van der Waals surface area contributed by atoms with E-state index in [1.165, 1.54) is 0 Å². The van der Waals surface area contributed by atoms with Gasteiger partial charge >= 0.3 is 0 Å². The first kappa shape index (κ1) is 16.7. The molecular formula is C16H23N3O2S. The fourth-order valence-corrected chi connectivity index (χ4v) is 2.83. The number of carbonyl (C=O) groups is 1. The van der Waals surface area contributed by atoms with Crippen LogP contribution in [0.2, 0.25) is 0 Å². The minimum absolute atomic E-state index is 0.0669. The number of aromatic nitrogens is 1. The molecule has 5 nitrogen and oxygen atoms in total. The molecule has 1 amide bonds. The van der Waals surface area contributed by atoms with E-state index in [0.717, 1.165) is 36.5 Å². The fraction of sp³-hybridized carbons (Fsp3) is 0.500. The average Bonchev–Trinajstić information content (AvgIpc) is 3.16. The Bertz CT molecular complexity index is 566. The molecule has 0 unspecified atom stereocenters. The quantitative estimate of drug-likeness (QED) is 0.771. The SMILES string of the molecule is CCCNC(=O)CN(CCC)Cc1coc(-c2cccs2)n1. The molecular weight excluding hydrogens is 298 g/mol. The van der Waals surface area contributed by atoms with E-state index in [9.17, 15) is 4.79 Å². The maximum absolute atomic E-state index is 11.9. The van der Waals surface area contributed by atoms with Crippen molar-refractivity contribution >= 4 is 17.2 Å². The lowest BCUT2D eigenvalue weighted by Gasteiger charge is -2.19. The first-order valence-electron chi connectivity index (χ1n) is 7.70. The predicted molar refractivity (Wildman–Crippen MR) is 88.7 cm³/mol. The van der Waals surface area contributed by atoms with E-state index in [2.05, 4.69) is 22.1 Å². The van der Waals surface area contributed by atoms with Crippen LogP contribution in [0.5, 0.6) is 0 Å². The van der Waals surface area contributed by atoms with Crippen LogP contribution in [0, 0.1) is 0 Å². The highest BCUT2D eigenvalue weighted by Crippen LogP contribution is 2.23. The summed E-state index contributed by atoms with van der Waals surface area (Å²) in [7, 11) is 0. The van der Waals surface area contributed by atoms with E-state index in [1.807, 2.05) is 24.4 Å². The van der Waals surface area contributed by atoms with Gasteiger partial charge in [-0.25, -0.2) is 4.98 Å². The van der Waals surface area contributed by atoms with Crippen LogP contribution in [-0.2, 0) is 11.3 Å². The molecule has 0 radical (unpaired) electrons. The highest BCUT2D eigenvalue weighted by molar-refractivity contribution is 7.13. The molecule has 0 aliphatic rings. The third-order valence-corrected chi connectivity index (χ3v) is 4.01. The van der Waals surface area contributed by atoms with Crippen molar-refractivity contribution in [1.29, 1.82) is 0 Å². The standard InChI is InChI=1S/C16H23N3O2S/c1-3-7-17-15(20)11-19(8-4-2)10-13-12-21-16(18-13)14-6-5-9-22-14/h5-6,9,12H,3-4,7-8,10-11H2,1-2H3,(H,17,20). The summed E-state index contributed by atoms with van der Waals surface area (Å²) in [5, 5.41) is 4.91. The van der Waals surface area contributed by atoms with Gasteiger partial charge in [-0.05, 0) is 30.8 Å². The summed E-state index contributed by atoms with van der Waals surface area (Å²) in [4.78, 5) is 19.5. The monoisotopic (exact) mass is 321 g/mol. The summed E-state index contributed by atoms with van der Waals surface area (Å²) in [5.41, 5.74) is 0.861. The van der Waals surface area contributed by atoms with E-state index in [1.54, 1.807) is 17.6 Å². The lowest BCUT2D eigenvalue weighted by atomic mass is 10.3. The van der Waals surface area contributed by atoms with Crippen LogP contribution in [0.4, 0.5) is 0 Å². The zero-order valence-electron chi connectivity index (χ0n) is 13.2. The van der Waals surface area contributed by atoms with E-state index >= 15 is 0 Å². The first-order chi connectivity index (χ1) is 10.7. The largest absolute Gasteiger partial charge is 0.444 e. The topological polar surface area (TPSA) is 58.4 Å². The van der Waals surface area contributed by atoms with Crippen molar-refractivity contribution in [3.05, 3.63) is 29.5 Å². The maximum atomic E-state index is 11.9. The Balaban J connectivity index is 1.94. The Morgan fingerprint density at radius 1 is 1.41 bits per heavy atom. The summed E-state index contributed by atoms with van der Waals surface area (Å²) in [6.07, 6.45) is 3.63. The summed E-state index contributed by atoms with van der Waals surface area (Å²) in [6.45, 7) is 6.77. The summed E-state index contributed by atoms with van der Waals surface area (Å²) < 4.78 is 5.53. The van der Waals surface area contributed by atoms with Gasteiger partial charge in [0.05, 0.1) is 17.1 Å². The van der Waals surface area contributed by atoms with Crippen molar-refractivity contribution in [3.63, 3.8) is 0 Å². The van der Waals surface area contributed by atoms with Crippen molar-refractivity contribution in [1.82, 2.24) is 15.2 Å². The number of amides is 1. The first-order valence-corrected chi connectivity index (χ1v) is 8.58. The van der Waals surface area contributed by atoms with Gasteiger partial charge in [-0.15, -0.1) is 11.3 Å². The maximum Gasteiger partial charge on any atom is 0.236 e. The molecule has 0 fully saturated rings. The summed E-state index contributed by atoms with van der Waals surface area (Å²) in [6, 6.07) is 3.97. The number of thiophene rings is 1. The third-order valence-electron chi connectivity index (χ3n) is 3.15. The predicted octanol–water partition coefficient (Wildman–Crippen LogP) is 3.14. The molecule has 0 aliphatic heterocycles. The molecule has 0 aliphatic carbocycles. The highest BCUT2D eigenvalue weighted by Gasteiger charge is 2.14. The van der Waals surface area contributed by atoms with Crippen molar-refractivity contribution in [2.24, 2.45) is 0 Å². The normalized spacial score (nSPS) is 11.0. The lowest BCUT2D eigenvalue weighted by molar-refractivity contribution is -0.122. The lowest BCUT2D eigenvalue weighted by Crippen LogP contribution is -2.37. The smallest absolute Gasteiger partial charge is 0.236 e. The molecule has 0 spiro atoms. The number of hydrogen-bond donors (Lipinski definition) is 1. The van der Waals surface area contributed by atoms with Crippen molar-refractivity contribution in [2.75, 3.05) is 19.6 Å². The second kappa shape index (κ2) is 8.70. The zero-order valence-corrected chi connectivity index (χ0v) is 14.0. The third kappa shape index (κ3) is 4.96. The molecule has 2 aromatic rings. The molecule has 6 heteroatoms. The van der Waals surface area contributed by atoms with Gasteiger partial charge in [0.25, 0.3) is 0 Å². The van der Waals surface area contributed by atoms with E-state index in [4.69, 9.17) is 4.42 Å². The summed E-state index contributed by atoms with van der Waals surface area (Å²) >= 11 is 1.60. The molecule has 0 aromatic carbocycles. The Hall–Kier alpha value is -1.66. The Morgan fingerprint density at radius 3 is 2.95 bits per heavy atom. The van der Waals surface area contributed by atoms with Crippen LogP contribution in [0.15, 0.2) is 28.2 Å². The number of nitrogens with one attached hydrogen (secondary N) is 1. The molecule has 2 heterocycles. The van der Waals surface area contributed by atoms with E-state index < -0.39 is 0 Å². The fourth-order valence-electron chi connectivity index (χ4n) is 2.18. The van der Waals surface area contributed by atoms with Crippen LogP contribution in [0.1, 0.15) is 32.4 Å². The van der Waals surface area contributed by atoms with Gasteiger partial charge in [-0.3, -0.25) is 9.69 Å². The molecule has 0 bridgehead atoms. The molecule has 120 valence electrons. The molecule has 0 saturated heterocycles. The Labute approximate surface area is 135 Å². The zero-order chi connectivity index (χ0) is 15.8. The number of hydrogen-bond acceptors (Lipinski definition) is 5. The van der Waals surface area contributed by atoms with E-state index in [0.29, 0.717) is 19.0 Å². The van der Waals surface area contributed by atoms with E-state index in [-0.39, 0.29) is 5.91 Å². The van der Waals surface area contributed by atoms with Gasteiger partial charge < -0.3 is 9.73 Å². The van der Waals surface area contributed by atoms with Gasteiger partial charge in [-0.2, -0.15) is 0 Å². The minimum atomic E-state index is 0.0669. The Kier molecular flexibility index (Phi) is 6.61. The van der Waals surface area contributed by atoms with Gasteiger partial charge in [0.2, 0.25) is 11.8 Å². The molecule has 0 saturated carbocycles. The van der Waals surface area contributed by atoms with Crippen LogP contribution in [0.25, 0.3) is 10.8 Å². The number of oxazole rings is 1. The summed E-state index contributed by atoms with van der Waals surface area (Å²) in [5.74, 6) is 0.717. The van der Waals surface area contributed by atoms with Crippen LogP contribution in [0.3, 0.4) is 0 Å². The van der Waals surface area contributed by atoms with Crippen LogP contribution in [-0.4, -0.2) is 35.4 Å². The molecule has 22 heavy (non-hydrogen) atoms. The van der Waals surface area contributed by atoms with Gasteiger partial charge in [0.1, 0.15) is 6.26 Å². The highest BCUT2D eigenvalue weighted by atomic mass is 32.1. The van der Waals surface area contributed by atoms with Crippen molar-refractivity contribution in [2.45, 2.75) is 33.2 Å². The van der Waals surface area contributed by atoms with Gasteiger partial charge in [0.15, 0.2) is 0 Å². The second-order valence-electron chi connectivity index (χ2n) is 5.18. The van der Waals surface area contributed by atoms with Crippen molar-refractivity contribution in [3.8, 4) is 10.8 Å². The van der Waals surface area contributed by atoms with Crippen LogP contribution < -0.4 is 5.32 Å². The van der Waals surface area contributed by atoms with Crippen LogP contribution >= 0.6 is 11.3 Å². The van der Waals surface area contributed by atoms with Crippen molar-refractivity contribution < 1.29 is 9.21 Å². The van der Waals surface area contributed by atoms with Gasteiger partial charge in [-0.1, -0.05) is 19.9 Å². The molecule has 0 atom stereocenters.